The van der Waals surface area contributed by atoms with Crippen LogP contribution in [-0.4, -0.2) is 29.7 Å². The van der Waals surface area contributed by atoms with Crippen molar-refractivity contribution >= 4 is 11.9 Å². The summed E-state index contributed by atoms with van der Waals surface area (Å²) in [5, 5.41) is 11.6. The Morgan fingerprint density at radius 3 is 2.75 bits per heavy atom. The molecule has 2 N–H and O–H groups in total. The molecule has 0 fully saturated rings. The van der Waals surface area contributed by atoms with E-state index < -0.39 is 12.0 Å². The van der Waals surface area contributed by atoms with Crippen molar-refractivity contribution in [3.05, 3.63) is 11.3 Å². The normalized spacial score (nSPS) is 17.2. The Kier molecular flexibility index (Phi) is 4.49. The molecule has 0 radical (unpaired) electrons. The highest BCUT2D eigenvalue weighted by Gasteiger charge is 2.24. The van der Waals surface area contributed by atoms with E-state index >= 15 is 0 Å². The zero-order chi connectivity index (χ0) is 12.1. The highest BCUT2D eigenvalue weighted by atomic mass is 16.5. The first-order valence-electron chi connectivity index (χ1n) is 5.44. The number of carbonyl (C=O) groups is 2. The van der Waals surface area contributed by atoms with Gasteiger partial charge in [-0.25, -0.2) is 4.79 Å². The first-order chi connectivity index (χ1) is 7.56. The number of carbonyl (C=O) groups excluding carboxylic acids is 2. The van der Waals surface area contributed by atoms with Gasteiger partial charge in [-0.1, -0.05) is 0 Å². The van der Waals surface area contributed by atoms with Crippen LogP contribution in [0, 0.1) is 0 Å². The molecule has 0 aromatic rings. The number of hydrogen-bond donors (Lipinski definition) is 2. The highest BCUT2D eigenvalue weighted by molar-refractivity contribution is 5.91. The number of amides is 1. The van der Waals surface area contributed by atoms with Crippen molar-refractivity contribution in [2.75, 3.05) is 6.61 Å². The van der Waals surface area contributed by atoms with Gasteiger partial charge in [0.15, 0.2) is 0 Å². The summed E-state index contributed by atoms with van der Waals surface area (Å²) in [7, 11) is 0. The van der Waals surface area contributed by atoms with Gasteiger partial charge in [-0.3, -0.25) is 4.79 Å². The Bertz CT molecular complexity index is 320. The number of aliphatic hydroxyl groups excluding tert-OH is 1. The lowest BCUT2D eigenvalue weighted by Crippen LogP contribution is -2.32. The molecule has 5 nitrogen and oxygen atoms in total. The van der Waals surface area contributed by atoms with Crippen LogP contribution >= 0.6 is 0 Å². The van der Waals surface area contributed by atoms with Crippen molar-refractivity contribution in [2.45, 2.75) is 39.2 Å². The molecule has 1 aliphatic carbocycles. The van der Waals surface area contributed by atoms with Crippen LogP contribution in [0.1, 0.15) is 33.1 Å². The smallest absolute Gasteiger partial charge is 0.335 e. The van der Waals surface area contributed by atoms with Crippen molar-refractivity contribution in [3.63, 3.8) is 0 Å². The van der Waals surface area contributed by atoms with Gasteiger partial charge in [-0.2, -0.15) is 0 Å². The molecular formula is C11H17NO4. The average molecular weight is 227 g/mol. The van der Waals surface area contributed by atoms with E-state index in [0.29, 0.717) is 30.7 Å². The lowest BCUT2D eigenvalue weighted by Gasteiger charge is -2.10. The van der Waals surface area contributed by atoms with Crippen molar-refractivity contribution in [1.29, 1.82) is 0 Å². The zero-order valence-electron chi connectivity index (χ0n) is 9.58. The topological polar surface area (TPSA) is 75.6 Å². The molecule has 90 valence electrons. The zero-order valence-corrected chi connectivity index (χ0v) is 9.58. The van der Waals surface area contributed by atoms with E-state index in [1.54, 1.807) is 6.92 Å². The second-order valence-corrected chi connectivity index (χ2v) is 3.70. The number of aliphatic hydroxyl groups is 1. The van der Waals surface area contributed by atoms with Crippen LogP contribution in [0.3, 0.4) is 0 Å². The quantitative estimate of drug-likeness (QED) is 0.685. The molecule has 1 atom stereocenters. The molecule has 0 saturated heterocycles. The molecule has 0 aliphatic heterocycles. The van der Waals surface area contributed by atoms with Crippen molar-refractivity contribution in [1.82, 2.24) is 5.32 Å². The summed E-state index contributed by atoms with van der Waals surface area (Å²) < 4.78 is 4.89. The molecule has 1 aliphatic rings. The van der Waals surface area contributed by atoms with Crippen LogP contribution in [0.25, 0.3) is 0 Å². The lowest BCUT2D eigenvalue weighted by molar-refractivity contribution is -0.138. The Hall–Kier alpha value is -1.36. The van der Waals surface area contributed by atoms with Gasteiger partial charge in [0, 0.05) is 5.70 Å². The molecular weight excluding hydrogens is 210 g/mol. The van der Waals surface area contributed by atoms with E-state index in [-0.39, 0.29) is 5.97 Å². The Balaban J connectivity index is 2.71. The number of rotatable bonds is 4. The van der Waals surface area contributed by atoms with Gasteiger partial charge in [-0.15, -0.1) is 0 Å². The third-order valence-electron chi connectivity index (χ3n) is 2.39. The van der Waals surface area contributed by atoms with Crippen LogP contribution in [-0.2, 0) is 14.3 Å². The maximum Gasteiger partial charge on any atom is 0.335 e. The van der Waals surface area contributed by atoms with Gasteiger partial charge < -0.3 is 15.2 Å². The minimum absolute atomic E-state index is 0.319. The maximum absolute atomic E-state index is 11.5. The van der Waals surface area contributed by atoms with Gasteiger partial charge in [0.25, 0.3) is 5.91 Å². The molecule has 1 rings (SSSR count). The standard InChI is InChI=1S/C11H17NO4/c1-3-16-11(15)8-5-4-6-9(8)12-10(14)7(2)13/h7,13H,3-6H2,1-2H3,(H,12,14). The minimum Gasteiger partial charge on any atom is -0.463 e. The number of hydrogen-bond acceptors (Lipinski definition) is 4. The fourth-order valence-electron chi connectivity index (χ4n) is 1.58. The molecule has 1 unspecified atom stereocenters. The number of esters is 1. The third-order valence-corrected chi connectivity index (χ3v) is 2.39. The van der Waals surface area contributed by atoms with Gasteiger partial charge >= 0.3 is 5.97 Å². The van der Waals surface area contributed by atoms with Crippen LogP contribution in [0.5, 0.6) is 0 Å². The van der Waals surface area contributed by atoms with Crippen molar-refractivity contribution < 1.29 is 19.4 Å². The van der Waals surface area contributed by atoms with E-state index in [2.05, 4.69) is 5.32 Å². The average Bonchev–Trinajstić information content (AvgIpc) is 2.66. The second-order valence-electron chi connectivity index (χ2n) is 3.70. The predicted octanol–water partition coefficient (Wildman–Crippen LogP) is 0.484. The van der Waals surface area contributed by atoms with Crippen LogP contribution in [0.4, 0.5) is 0 Å². The largest absolute Gasteiger partial charge is 0.463 e. The number of ether oxygens (including phenoxy) is 1. The first-order valence-corrected chi connectivity index (χ1v) is 5.44. The molecule has 0 heterocycles. The maximum atomic E-state index is 11.5. The predicted molar refractivity (Wildman–Crippen MR) is 57.3 cm³/mol. The minimum atomic E-state index is -1.07. The van der Waals surface area contributed by atoms with Crippen molar-refractivity contribution in [2.24, 2.45) is 0 Å². The summed E-state index contributed by atoms with van der Waals surface area (Å²) in [6.07, 6.45) is 1.02. The Morgan fingerprint density at radius 1 is 1.50 bits per heavy atom. The Morgan fingerprint density at radius 2 is 2.19 bits per heavy atom. The fourth-order valence-corrected chi connectivity index (χ4v) is 1.58. The highest BCUT2D eigenvalue weighted by Crippen LogP contribution is 2.25. The van der Waals surface area contributed by atoms with Crippen molar-refractivity contribution in [3.8, 4) is 0 Å². The SMILES string of the molecule is CCOC(=O)C1=C(NC(=O)C(C)O)CCC1. The third kappa shape index (κ3) is 3.06. The summed E-state index contributed by atoms with van der Waals surface area (Å²) >= 11 is 0. The van der Waals surface area contributed by atoms with E-state index in [4.69, 9.17) is 9.84 Å². The summed E-state index contributed by atoms with van der Waals surface area (Å²) in [5.41, 5.74) is 1.11. The van der Waals surface area contributed by atoms with Crippen LogP contribution < -0.4 is 5.32 Å². The molecule has 5 heteroatoms. The van der Waals surface area contributed by atoms with Gasteiger partial charge in [0.05, 0.1) is 12.2 Å². The first kappa shape index (κ1) is 12.7. The van der Waals surface area contributed by atoms with Crippen LogP contribution in [0.2, 0.25) is 0 Å². The molecule has 0 saturated carbocycles. The summed E-state index contributed by atoms with van der Waals surface area (Å²) in [4.78, 5) is 22.8. The van der Waals surface area contributed by atoms with Gasteiger partial charge in [0.1, 0.15) is 6.10 Å². The van der Waals surface area contributed by atoms with Crippen LogP contribution in [0.15, 0.2) is 11.3 Å². The molecule has 0 aromatic carbocycles. The molecule has 0 spiro atoms. The van der Waals surface area contributed by atoms with Gasteiger partial charge in [-0.05, 0) is 33.1 Å². The number of allylic oxidation sites excluding steroid dienone is 1. The second kappa shape index (κ2) is 5.65. The van der Waals surface area contributed by atoms with E-state index in [9.17, 15) is 9.59 Å². The lowest BCUT2D eigenvalue weighted by atomic mass is 10.2. The van der Waals surface area contributed by atoms with E-state index in [0.717, 1.165) is 6.42 Å². The summed E-state index contributed by atoms with van der Waals surface area (Å²) in [6.45, 7) is 3.44. The van der Waals surface area contributed by atoms with E-state index in [1.165, 1.54) is 6.92 Å². The molecule has 16 heavy (non-hydrogen) atoms. The van der Waals surface area contributed by atoms with Gasteiger partial charge in [0.2, 0.25) is 0 Å². The number of nitrogens with one attached hydrogen (secondary N) is 1. The summed E-state index contributed by atoms with van der Waals surface area (Å²) in [6, 6.07) is 0. The fraction of sp³-hybridized carbons (Fsp3) is 0.636. The molecule has 0 aromatic heterocycles. The summed E-state index contributed by atoms with van der Waals surface area (Å²) in [5.74, 6) is -0.861. The molecule has 0 bridgehead atoms. The van der Waals surface area contributed by atoms with E-state index in [1.807, 2.05) is 0 Å². The Labute approximate surface area is 94.5 Å². The molecule has 1 amide bonds. The monoisotopic (exact) mass is 227 g/mol.